The van der Waals surface area contributed by atoms with E-state index in [0.29, 0.717) is 12.2 Å². The fourth-order valence-corrected chi connectivity index (χ4v) is 5.84. The van der Waals surface area contributed by atoms with Crippen LogP contribution in [0.4, 0.5) is 13.2 Å². The van der Waals surface area contributed by atoms with Gasteiger partial charge in [0.2, 0.25) is 29.5 Å². The number of esters is 1. The molecule has 2 bridgehead atoms. The third-order valence-corrected chi connectivity index (χ3v) is 8.24. The number of halogens is 3. The number of nitrogens with one attached hydrogen (secondary N) is 5. The van der Waals surface area contributed by atoms with Crippen molar-refractivity contribution in [1.29, 1.82) is 0 Å². The van der Waals surface area contributed by atoms with Crippen LogP contribution in [0.5, 0.6) is 0 Å². The predicted octanol–water partition coefficient (Wildman–Crippen LogP) is 0.329. The van der Waals surface area contributed by atoms with Crippen LogP contribution in [0, 0.1) is 5.92 Å². The first kappa shape index (κ1) is 34.3. The molecule has 5 N–H and O–H groups in total. The lowest BCUT2D eigenvalue weighted by Gasteiger charge is -2.27. The fraction of sp³-hybridized carbons (Fsp3) is 0.667. The van der Waals surface area contributed by atoms with E-state index in [1.165, 1.54) is 27.7 Å². The third-order valence-electron chi connectivity index (χ3n) is 5.79. The maximum absolute atomic E-state index is 13.3. The summed E-state index contributed by atoms with van der Waals surface area (Å²) in [6.45, 7) is 1.28. The van der Waals surface area contributed by atoms with Crippen LogP contribution in [-0.2, 0) is 33.5 Å². The summed E-state index contributed by atoms with van der Waals surface area (Å²) < 4.78 is 42.8. The average molecular weight is 626 g/mol. The first-order valence-electron chi connectivity index (χ1n) is 12.9. The van der Waals surface area contributed by atoms with E-state index in [1.807, 2.05) is 0 Å². The van der Waals surface area contributed by atoms with E-state index in [9.17, 15) is 41.9 Å². The van der Waals surface area contributed by atoms with E-state index < -0.39 is 97.8 Å². The Morgan fingerprint density at radius 2 is 1.80 bits per heavy atom. The summed E-state index contributed by atoms with van der Waals surface area (Å²) >= 11 is 0. The molecule has 0 unspecified atom stereocenters. The molecule has 0 aromatic rings. The zero-order valence-electron chi connectivity index (χ0n) is 22.5. The fourth-order valence-electron chi connectivity index (χ4n) is 3.68. The van der Waals surface area contributed by atoms with Gasteiger partial charge in [0.15, 0.2) is 0 Å². The minimum Gasteiger partial charge on any atom is -0.456 e. The highest BCUT2D eigenvalue weighted by atomic mass is 33.1. The van der Waals surface area contributed by atoms with E-state index in [0.717, 1.165) is 0 Å². The Balaban J connectivity index is 2.39. The Bertz CT molecular complexity index is 1010. The first-order valence-corrected chi connectivity index (χ1v) is 15.4. The summed E-state index contributed by atoms with van der Waals surface area (Å²) in [7, 11) is 2.69. The summed E-state index contributed by atoms with van der Waals surface area (Å²) in [5.41, 5.74) is 0. The molecule has 230 valence electrons. The first-order chi connectivity index (χ1) is 19.2. The monoisotopic (exact) mass is 625 g/mol. The van der Waals surface area contributed by atoms with Crippen molar-refractivity contribution in [3.8, 4) is 0 Å². The molecule has 0 aliphatic carbocycles. The lowest BCUT2D eigenvalue weighted by Crippen LogP contribution is -2.59. The largest absolute Gasteiger partial charge is 0.456 e. The van der Waals surface area contributed by atoms with Crippen molar-refractivity contribution in [1.82, 2.24) is 26.6 Å². The van der Waals surface area contributed by atoms with Gasteiger partial charge in [-0.2, -0.15) is 13.2 Å². The predicted molar refractivity (Wildman–Crippen MR) is 145 cm³/mol. The number of allylic oxidation sites excluding steroid dienone is 1. The number of amides is 5. The molecule has 4 atom stereocenters. The van der Waals surface area contributed by atoms with Crippen molar-refractivity contribution in [2.75, 3.05) is 24.6 Å². The highest BCUT2D eigenvalue weighted by Gasteiger charge is 2.33. The zero-order chi connectivity index (χ0) is 30.6. The van der Waals surface area contributed by atoms with Crippen LogP contribution < -0.4 is 26.6 Å². The SMILES string of the molecule is CC(C)[C@H]1NC(=O)[C@H]2CSSCC/C=C/[C@H](CC(=O)N[C@H](CCC(=O)NCC(F)(F)F)C(=O)N2)OC(=O)CNC1=O. The second-order valence-electron chi connectivity index (χ2n) is 9.62. The molecule has 2 aliphatic heterocycles. The molecular weight excluding hydrogens is 591 g/mol. The van der Waals surface area contributed by atoms with Crippen LogP contribution in [0.3, 0.4) is 0 Å². The van der Waals surface area contributed by atoms with Crippen LogP contribution >= 0.6 is 21.6 Å². The Morgan fingerprint density at radius 1 is 1.07 bits per heavy atom. The van der Waals surface area contributed by atoms with Gasteiger partial charge in [-0.25, -0.2) is 0 Å². The van der Waals surface area contributed by atoms with E-state index in [4.69, 9.17) is 4.74 Å². The molecule has 0 radical (unpaired) electrons. The number of hydrogen-bond donors (Lipinski definition) is 5. The van der Waals surface area contributed by atoms with Gasteiger partial charge in [-0.1, -0.05) is 41.5 Å². The molecule has 2 aliphatic rings. The maximum atomic E-state index is 13.3. The second kappa shape index (κ2) is 16.5. The average Bonchev–Trinajstić information content (AvgIpc) is 2.88. The summed E-state index contributed by atoms with van der Waals surface area (Å²) in [6, 6.07) is -3.63. The molecule has 41 heavy (non-hydrogen) atoms. The molecule has 17 heteroatoms. The topological polar surface area (TPSA) is 172 Å². The van der Waals surface area contributed by atoms with Gasteiger partial charge in [0.1, 0.15) is 37.3 Å². The van der Waals surface area contributed by atoms with Crippen LogP contribution in [-0.4, -0.2) is 90.5 Å². The van der Waals surface area contributed by atoms with Gasteiger partial charge in [-0.3, -0.25) is 28.8 Å². The quantitative estimate of drug-likeness (QED) is 0.164. The van der Waals surface area contributed by atoms with Gasteiger partial charge in [-0.05, 0) is 24.8 Å². The standard InChI is InChI=1S/C24H34F3N5O7S2/c1-13(2)20-23(38)28-10-19(35)39-14-5-3-4-8-40-41-11-16(22(37)32-20)31-21(36)15(30-18(34)9-14)6-7-17(33)29-12-24(25,26)27/h3,5,13-16,20H,4,6-12H2,1-2H3,(H,28,38)(H,29,33)(H,30,34)(H,31,36)(H,32,37)/b5-3+/t14-,15-,16-,20-/m1/s1. The van der Waals surface area contributed by atoms with Crippen molar-refractivity contribution < 1.29 is 46.7 Å². The molecular formula is C24H34F3N5O7S2. The van der Waals surface area contributed by atoms with E-state index in [2.05, 4.69) is 21.3 Å². The minimum absolute atomic E-state index is 0.0787. The van der Waals surface area contributed by atoms with Crippen LogP contribution in [0.15, 0.2) is 12.2 Å². The van der Waals surface area contributed by atoms with Gasteiger partial charge >= 0.3 is 12.1 Å². The summed E-state index contributed by atoms with van der Waals surface area (Å²) in [6.07, 6.45) is -3.26. The Hall–Kier alpha value is -2.95. The lowest BCUT2D eigenvalue weighted by molar-refractivity contribution is -0.148. The summed E-state index contributed by atoms with van der Waals surface area (Å²) in [5.74, 6) is -4.52. The number of ether oxygens (including phenoxy) is 1. The molecule has 0 aromatic carbocycles. The Morgan fingerprint density at radius 3 is 2.49 bits per heavy atom. The smallest absolute Gasteiger partial charge is 0.405 e. The summed E-state index contributed by atoms with van der Waals surface area (Å²) in [5, 5.41) is 11.7. The van der Waals surface area contributed by atoms with Crippen molar-refractivity contribution in [2.24, 2.45) is 5.92 Å². The molecule has 5 amide bonds. The Labute approximate surface area is 242 Å². The number of alkyl halides is 3. The van der Waals surface area contributed by atoms with Gasteiger partial charge in [0, 0.05) is 17.9 Å². The summed E-state index contributed by atoms with van der Waals surface area (Å²) in [4.78, 5) is 76.6. The normalized spacial score (nSPS) is 26.5. The number of hydrogen-bond acceptors (Lipinski definition) is 9. The molecule has 2 heterocycles. The maximum Gasteiger partial charge on any atom is 0.405 e. The number of fused-ring (bicyclic) bond motifs is 7. The van der Waals surface area contributed by atoms with Gasteiger partial charge < -0.3 is 31.3 Å². The molecule has 0 saturated carbocycles. The molecule has 12 nitrogen and oxygen atoms in total. The number of carbonyl (C=O) groups excluding carboxylic acids is 6. The van der Waals surface area contributed by atoms with Crippen molar-refractivity contribution >= 4 is 57.1 Å². The van der Waals surface area contributed by atoms with Crippen LogP contribution in [0.25, 0.3) is 0 Å². The van der Waals surface area contributed by atoms with Crippen LogP contribution in [0.1, 0.15) is 39.5 Å². The molecule has 1 saturated heterocycles. The highest BCUT2D eigenvalue weighted by molar-refractivity contribution is 8.76. The lowest BCUT2D eigenvalue weighted by atomic mass is 10.0. The molecule has 1 fully saturated rings. The van der Waals surface area contributed by atoms with Gasteiger partial charge in [0.05, 0.1) is 6.42 Å². The minimum atomic E-state index is -4.63. The van der Waals surface area contributed by atoms with E-state index in [-0.39, 0.29) is 12.2 Å². The van der Waals surface area contributed by atoms with Crippen molar-refractivity contribution in [3.63, 3.8) is 0 Å². The molecule has 2 rings (SSSR count). The number of carbonyl (C=O) groups is 6. The zero-order valence-corrected chi connectivity index (χ0v) is 24.1. The van der Waals surface area contributed by atoms with Crippen molar-refractivity contribution in [3.05, 3.63) is 12.2 Å². The van der Waals surface area contributed by atoms with Crippen molar-refractivity contribution in [2.45, 2.75) is 69.9 Å². The molecule has 0 aromatic heterocycles. The third kappa shape index (κ3) is 13.1. The van der Waals surface area contributed by atoms with E-state index >= 15 is 0 Å². The highest BCUT2D eigenvalue weighted by Crippen LogP contribution is 2.24. The van der Waals surface area contributed by atoms with Crippen LogP contribution in [0.2, 0.25) is 0 Å². The molecule has 0 spiro atoms. The number of rotatable bonds is 5. The van der Waals surface area contributed by atoms with E-state index in [1.54, 1.807) is 25.2 Å². The Kier molecular flexibility index (Phi) is 13.8. The van der Waals surface area contributed by atoms with Gasteiger partial charge in [-0.15, -0.1) is 0 Å². The second-order valence-corrected chi connectivity index (χ2v) is 12.2. The van der Waals surface area contributed by atoms with Gasteiger partial charge in [0.25, 0.3) is 0 Å².